The van der Waals surface area contributed by atoms with Gasteiger partial charge in [0.25, 0.3) is 0 Å². The van der Waals surface area contributed by atoms with Crippen molar-refractivity contribution in [1.29, 1.82) is 0 Å². The molecule has 0 aliphatic heterocycles. The summed E-state index contributed by atoms with van der Waals surface area (Å²) in [5.74, 6) is 1.39. The van der Waals surface area contributed by atoms with E-state index in [1.807, 2.05) is 13.8 Å². The minimum Gasteiger partial charge on any atom is -0.357 e. The molecule has 1 atom stereocenters. The highest BCUT2D eigenvalue weighted by Gasteiger charge is 2.08. The Hall–Kier alpha value is -1.26. The highest BCUT2D eigenvalue weighted by atomic mass is 16.1. The smallest absolute Gasteiger partial charge is 0.221 e. The molecule has 0 spiro atoms. The number of guanidine groups is 1. The zero-order chi connectivity index (χ0) is 14.7. The van der Waals surface area contributed by atoms with E-state index in [0.29, 0.717) is 24.9 Å². The van der Waals surface area contributed by atoms with Gasteiger partial charge < -0.3 is 16.0 Å². The third-order valence-corrected chi connectivity index (χ3v) is 2.89. The first-order valence-corrected chi connectivity index (χ1v) is 7.32. The fraction of sp³-hybridized carbons (Fsp3) is 0.857. The largest absolute Gasteiger partial charge is 0.357 e. The van der Waals surface area contributed by atoms with E-state index >= 15 is 0 Å². The molecule has 5 nitrogen and oxygen atoms in total. The Labute approximate surface area is 117 Å². The molecule has 1 amide bonds. The van der Waals surface area contributed by atoms with Crippen LogP contribution >= 0.6 is 0 Å². The summed E-state index contributed by atoms with van der Waals surface area (Å²) in [7, 11) is 0. The zero-order valence-corrected chi connectivity index (χ0v) is 13.0. The number of nitrogens with zero attached hydrogens (tertiary/aromatic N) is 1. The van der Waals surface area contributed by atoms with Gasteiger partial charge in [-0.1, -0.05) is 20.8 Å². The predicted molar refractivity (Wildman–Crippen MR) is 81.3 cm³/mol. The Bertz CT molecular complexity index is 277. The number of hydrogen-bond donors (Lipinski definition) is 3. The Morgan fingerprint density at radius 1 is 1.16 bits per heavy atom. The second-order valence-electron chi connectivity index (χ2n) is 5.04. The average molecular weight is 270 g/mol. The van der Waals surface area contributed by atoms with Crippen molar-refractivity contribution in [3.8, 4) is 0 Å². The predicted octanol–water partition coefficient (Wildman–Crippen LogP) is 1.50. The van der Waals surface area contributed by atoms with Crippen molar-refractivity contribution in [2.75, 3.05) is 19.6 Å². The molecule has 0 aliphatic rings. The number of amides is 1. The van der Waals surface area contributed by atoms with Gasteiger partial charge >= 0.3 is 0 Å². The van der Waals surface area contributed by atoms with Crippen LogP contribution in [0.5, 0.6) is 0 Å². The topological polar surface area (TPSA) is 65.5 Å². The molecule has 0 aliphatic carbocycles. The van der Waals surface area contributed by atoms with Crippen molar-refractivity contribution >= 4 is 11.9 Å². The van der Waals surface area contributed by atoms with Gasteiger partial charge in [-0.2, -0.15) is 0 Å². The van der Waals surface area contributed by atoms with E-state index in [1.54, 1.807) is 0 Å². The van der Waals surface area contributed by atoms with Crippen LogP contribution in [0.1, 0.15) is 47.5 Å². The minimum atomic E-state index is 0.0679. The summed E-state index contributed by atoms with van der Waals surface area (Å²) < 4.78 is 0. The normalized spacial score (nSPS) is 13.3. The monoisotopic (exact) mass is 270 g/mol. The molecule has 0 aromatic heterocycles. The highest BCUT2D eigenvalue weighted by molar-refractivity contribution is 5.81. The molecule has 112 valence electrons. The van der Waals surface area contributed by atoms with Gasteiger partial charge in [0.15, 0.2) is 5.96 Å². The summed E-state index contributed by atoms with van der Waals surface area (Å²) in [5.41, 5.74) is 0. The Morgan fingerprint density at radius 2 is 1.84 bits per heavy atom. The first kappa shape index (κ1) is 17.7. The van der Waals surface area contributed by atoms with Gasteiger partial charge in [-0.25, -0.2) is 0 Å². The Morgan fingerprint density at radius 3 is 2.37 bits per heavy atom. The number of carbonyl (C=O) groups excluding carboxylic acids is 1. The third-order valence-electron chi connectivity index (χ3n) is 2.89. The quantitative estimate of drug-likeness (QED) is 0.462. The summed E-state index contributed by atoms with van der Waals surface area (Å²) in [6, 6.07) is 0.353. The summed E-state index contributed by atoms with van der Waals surface area (Å²) in [6.07, 6.45) is 1.40. The molecular weight excluding hydrogens is 240 g/mol. The van der Waals surface area contributed by atoms with Crippen molar-refractivity contribution in [2.45, 2.75) is 53.5 Å². The van der Waals surface area contributed by atoms with E-state index in [-0.39, 0.29) is 5.91 Å². The van der Waals surface area contributed by atoms with Crippen LogP contribution < -0.4 is 16.0 Å². The van der Waals surface area contributed by atoms with Crippen molar-refractivity contribution < 1.29 is 4.79 Å². The molecule has 1 unspecified atom stereocenters. The van der Waals surface area contributed by atoms with Crippen LogP contribution in [-0.2, 0) is 4.79 Å². The van der Waals surface area contributed by atoms with Gasteiger partial charge in [-0.15, -0.1) is 0 Å². The summed E-state index contributed by atoms with van der Waals surface area (Å²) in [4.78, 5) is 15.9. The fourth-order valence-electron chi connectivity index (χ4n) is 1.32. The van der Waals surface area contributed by atoms with E-state index in [4.69, 9.17) is 0 Å². The van der Waals surface area contributed by atoms with Crippen molar-refractivity contribution in [3.63, 3.8) is 0 Å². The summed E-state index contributed by atoms with van der Waals surface area (Å²) in [5, 5.41) is 9.38. The van der Waals surface area contributed by atoms with Gasteiger partial charge in [-0.3, -0.25) is 9.79 Å². The lowest BCUT2D eigenvalue weighted by atomic mass is 10.1. The molecule has 0 fully saturated rings. The third kappa shape index (κ3) is 9.33. The second kappa shape index (κ2) is 10.6. The lowest BCUT2D eigenvalue weighted by molar-refractivity contribution is -0.120. The SMILES string of the molecule is CCCNC(=O)CCN=C(NCC)NC(C)C(C)C. The fourth-order valence-corrected chi connectivity index (χ4v) is 1.32. The van der Waals surface area contributed by atoms with Crippen LogP contribution in [0.4, 0.5) is 0 Å². The highest BCUT2D eigenvalue weighted by Crippen LogP contribution is 1.99. The van der Waals surface area contributed by atoms with Gasteiger partial charge in [0.05, 0.1) is 6.54 Å². The molecule has 0 bridgehead atoms. The van der Waals surface area contributed by atoms with Gasteiger partial charge in [-0.05, 0) is 26.2 Å². The van der Waals surface area contributed by atoms with Gasteiger partial charge in [0, 0.05) is 25.6 Å². The summed E-state index contributed by atoms with van der Waals surface area (Å²) >= 11 is 0. The van der Waals surface area contributed by atoms with Crippen LogP contribution in [0.2, 0.25) is 0 Å². The standard InChI is InChI=1S/C14H30N4O/c1-6-9-16-13(19)8-10-17-14(15-7-2)18-12(5)11(3)4/h11-12H,6-10H2,1-5H3,(H,16,19)(H2,15,17,18). The molecule has 0 rings (SSSR count). The van der Waals surface area contributed by atoms with Crippen molar-refractivity contribution in [2.24, 2.45) is 10.9 Å². The molecule has 19 heavy (non-hydrogen) atoms. The molecule has 0 heterocycles. The molecule has 5 heteroatoms. The molecular formula is C14H30N4O. The second-order valence-corrected chi connectivity index (χ2v) is 5.04. The van der Waals surface area contributed by atoms with Gasteiger partial charge in [0.1, 0.15) is 0 Å². The molecule has 0 aromatic rings. The Kier molecular flexibility index (Phi) is 9.94. The van der Waals surface area contributed by atoms with Gasteiger partial charge in [0.2, 0.25) is 5.91 Å². The van der Waals surface area contributed by atoms with E-state index in [2.05, 4.69) is 41.7 Å². The lowest BCUT2D eigenvalue weighted by Gasteiger charge is -2.20. The molecule has 3 N–H and O–H groups in total. The van der Waals surface area contributed by atoms with E-state index in [0.717, 1.165) is 25.5 Å². The maximum absolute atomic E-state index is 11.5. The first-order valence-electron chi connectivity index (χ1n) is 7.32. The average Bonchev–Trinajstić information content (AvgIpc) is 2.36. The van der Waals surface area contributed by atoms with Crippen LogP contribution in [0.15, 0.2) is 4.99 Å². The molecule has 0 radical (unpaired) electrons. The Balaban J connectivity index is 4.15. The molecule has 0 saturated heterocycles. The zero-order valence-electron chi connectivity index (χ0n) is 13.0. The van der Waals surface area contributed by atoms with Crippen molar-refractivity contribution in [3.05, 3.63) is 0 Å². The van der Waals surface area contributed by atoms with E-state index < -0.39 is 0 Å². The van der Waals surface area contributed by atoms with Crippen LogP contribution in [0.3, 0.4) is 0 Å². The maximum atomic E-state index is 11.5. The number of rotatable bonds is 8. The van der Waals surface area contributed by atoms with E-state index in [1.165, 1.54) is 0 Å². The number of hydrogen-bond acceptors (Lipinski definition) is 2. The van der Waals surface area contributed by atoms with Crippen LogP contribution in [0.25, 0.3) is 0 Å². The van der Waals surface area contributed by atoms with Crippen LogP contribution in [0, 0.1) is 5.92 Å². The number of aliphatic imine (C=N–C) groups is 1. The molecule has 0 aromatic carbocycles. The summed E-state index contributed by atoms with van der Waals surface area (Å²) in [6.45, 7) is 12.6. The lowest BCUT2D eigenvalue weighted by Crippen LogP contribution is -2.44. The minimum absolute atomic E-state index is 0.0679. The van der Waals surface area contributed by atoms with E-state index in [9.17, 15) is 4.79 Å². The van der Waals surface area contributed by atoms with Crippen molar-refractivity contribution in [1.82, 2.24) is 16.0 Å². The number of nitrogens with one attached hydrogen (secondary N) is 3. The number of carbonyl (C=O) groups is 1. The maximum Gasteiger partial charge on any atom is 0.221 e. The first-order chi connectivity index (χ1) is 9.01. The molecule has 0 saturated carbocycles. The van der Waals surface area contributed by atoms with Crippen LogP contribution in [-0.4, -0.2) is 37.5 Å².